The van der Waals surface area contributed by atoms with E-state index in [9.17, 15) is 22.4 Å². The van der Waals surface area contributed by atoms with E-state index in [-0.39, 0.29) is 17.1 Å². The number of rotatable bonds is 7. The number of nitrogens with zero attached hydrogens (tertiary/aromatic N) is 1. The first-order valence-corrected chi connectivity index (χ1v) is 10.7. The lowest BCUT2D eigenvalue weighted by atomic mass is 10.1. The van der Waals surface area contributed by atoms with Crippen LogP contribution in [0.25, 0.3) is 0 Å². The largest absolute Gasteiger partial charge is 0.465 e. The van der Waals surface area contributed by atoms with Crippen LogP contribution in [-0.2, 0) is 19.6 Å². The summed E-state index contributed by atoms with van der Waals surface area (Å²) < 4.78 is 43.8. The van der Waals surface area contributed by atoms with Gasteiger partial charge in [0.1, 0.15) is 11.9 Å². The van der Waals surface area contributed by atoms with Crippen molar-refractivity contribution in [2.45, 2.75) is 19.4 Å². The number of ether oxygens (including phenoxy) is 1. The van der Waals surface area contributed by atoms with Crippen molar-refractivity contribution in [3.63, 3.8) is 0 Å². The monoisotopic (exact) mass is 442 g/mol. The summed E-state index contributed by atoms with van der Waals surface area (Å²) in [5.74, 6) is -1.82. The first-order valence-electron chi connectivity index (χ1n) is 8.52. The van der Waals surface area contributed by atoms with E-state index < -0.39 is 33.8 Å². The molecule has 2 rings (SSSR count). The second-order valence-corrected chi connectivity index (χ2v) is 8.41. The first kappa shape index (κ1) is 22.6. The number of carbonyl (C=O) groups is 2. The number of halogens is 2. The maximum Gasteiger partial charge on any atom is 0.337 e. The van der Waals surface area contributed by atoms with Crippen molar-refractivity contribution in [1.82, 2.24) is 0 Å². The Kier molecular flexibility index (Phi) is 7.21. The second-order valence-electron chi connectivity index (χ2n) is 6.14. The van der Waals surface area contributed by atoms with Gasteiger partial charge in [0, 0.05) is 5.69 Å². The molecule has 0 spiro atoms. The minimum atomic E-state index is -3.89. The Labute approximate surface area is 173 Å². The number of hydrogen-bond acceptors (Lipinski definition) is 5. The number of esters is 1. The van der Waals surface area contributed by atoms with Gasteiger partial charge in [0.25, 0.3) is 0 Å². The molecule has 0 aliphatic carbocycles. The number of methoxy groups -OCH3 is 1. The fraction of sp³-hybridized carbons (Fsp3) is 0.263. The van der Waals surface area contributed by atoms with Crippen LogP contribution >= 0.6 is 11.6 Å². The molecule has 0 aromatic heterocycles. The summed E-state index contributed by atoms with van der Waals surface area (Å²) in [4.78, 5) is 24.3. The van der Waals surface area contributed by atoms with Crippen molar-refractivity contribution in [1.29, 1.82) is 0 Å². The summed E-state index contributed by atoms with van der Waals surface area (Å²) in [5.41, 5.74) is 0.741. The summed E-state index contributed by atoms with van der Waals surface area (Å²) in [6, 6.07) is 8.25. The maximum absolute atomic E-state index is 13.5. The molecule has 1 atom stereocenters. The number of nitrogens with one attached hydrogen (secondary N) is 1. The number of benzene rings is 2. The zero-order valence-electron chi connectivity index (χ0n) is 16.0. The molecule has 10 heteroatoms. The zero-order valence-corrected chi connectivity index (χ0v) is 17.6. The number of amides is 1. The van der Waals surface area contributed by atoms with Crippen LogP contribution in [0.15, 0.2) is 42.5 Å². The fourth-order valence-electron chi connectivity index (χ4n) is 2.72. The molecule has 1 N–H and O–H groups in total. The van der Waals surface area contributed by atoms with Gasteiger partial charge in [0.2, 0.25) is 15.9 Å². The molecule has 1 amide bonds. The van der Waals surface area contributed by atoms with Crippen molar-refractivity contribution in [3.05, 3.63) is 58.9 Å². The highest BCUT2D eigenvalue weighted by Gasteiger charge is 2.32. The van der Waals surface area contributed by atoms with Crippen LogP contribution in [0.4, 0.5) is 15.8 Å². The zero-order chi connectivity index (χ0) is 21.8. The quantitative estimate of drug-likeness (QED) is 0.663. The molecule has 0 bridgehead atoms. The third-order valence-corrected chi connectivity index (χ3v) is 5.53. The number of sulfonamides is 1. The van der Waals surface area contributed by atoms with Gasteiger partial charge < -0.3 is 10.1 Å². The minimum absolute atomic E-state index is 0.0712. The van der Waals surface area contributed by atoms with Crippen LogP contribution < -0.4 is 9.62 Å². The molecule has 2 aromatic rings. The molecule has 29 heavy (non-hydrogen) atoms. The summed E-state index contributed by atoms with van der Waals surface area (Å²) in [6.07, 6.45) is 1.10. The van der Waals surface area contributed by atoms with Crippen molar-refractivity contribution < 1.29 is 27.1 Å². The van der Waals surface area contributed by atoms with Gasteiger partial charge in [-0.25, -0.2) is 17.6 Å². The van der Waals surface area contributed by atoms with E-state index in [1.165, 1.54) is 37.4 Å². The number of anilines is 2. The van der Waals surface area contributed by atoms with E-state index in [0.717, 1.165) is 22.7 Å². The van der Waals surface area contributed by atoms with Crippen LogP contribution in [0.5, 0.6) is 0 Å². The van der Waals surface area contributed by atoms with Gasteiger partial charge in [-0.15, -0.1) is 0 Å². The van der Waals surface area contributed by atoms with Gasteiger partial charge in [0.05, 0.1) is 29.6 Å². The molecule has 0 fully saturated rings. The first-order chi connectivity index (χ1) is 13.6. The molecule has 156 valence electrons. The molecular formula is C19H20ClFN2O5S. The van der Waals surface area contributed by atoms with E-state index in [1.54, 1.807) is 6.92 Å². The normalized spacial score (nSPS) is 12.2. The van der Waals surface area contributed by atoms with E-state index in [2.05, 4.69) is 10.1 Å². The summed E-state index contributed by atoms with van der Waals surface area (Å²) >= 11 is 5.78. The van der Waals surface area contributed by atoms with Gasteiger partial charge in [0.15, 0.2) is 0 Å². The Balaban J connectivity index is 2.33. The lowest BCUT2D eigenvalue weighted by Gasteiger charge is -2.30. The average Bonchev–Trinajstić information content (AvgIpc) is 2.67. The third-order valence-electron chi connectivity index (χ3n) is 4.06. The van der Waals surface area contributed by atoms with Gasteiger partial charge in [-0.05, 0) is 48.9 Å². The predicted molar refractivity (Wildman–Crippen MR) is 109 cm³/mol. The minimum Gasteiger partial charge on any atom is -0.465 e. The lowest BCUT2D eigenvalue weighted by molar-refractivity contribution is -0.117. The third kappa shape index (κ3) is 5.45. The lowest BCUT2D eigenvalue weighted by Crippen LogP contribution is -2.47. The fourth-order valence-corrected chi connectivity index (χ4v) is 4.09. The second kappa shape index (κ2) is 9.23. The Morgan fingerprint density at radius 2 is 1.83 bits per heavy atom. The molecule has 0 unspecified atom stereocenters. The maximum atomic E-state index is 13.5. The van der Waals surface area contributed by atoms with E-state index in [0.29, 0.717) is 11.3 Å². The van der Waals surface area contributed by atoms with Crippen LogP contribution in [0.3, 0.4) is 0 Å². The summed E-state index contributed by atoms with van der Waals surface area (Å²) in [6.45, 7) is 1.65. The molecule has 0 saturated heterocycles. The Morgan fingerprint density at radius 1 is 1.21 bits per heavy atom. The standard InChI is InChI=1S/C19H20ClFN2O5S/c1-4-17(18(24)22-13-7-5-12(6-8-13)19(25)28-2)23(29(3,26)27)14-9-10-16(21)15(20)11-14/h5-11,17H,4H2,1-3H3,(H,22,24)/t17-/m0/s1. The van der Waals surface area contributed by atoms with Crippen molar-refractivity contribution in [2.75, 3.05) is 23.0 Å². The van der Waals surface area contributed by atoms with Gasteiger partial charge in [-0.1, -0.05) is 18.5 Å². The summed E-state index contributed by atoms with van der Waals surface area (Å²) in [5, 5.41) is 2.36. The van der Waals surface area contributed by atoms with E-state index >= 15 is 0 Å². The van der Waals surface area contributed by atoms with Gasteiger partial charge in [-0.3, -0.25) is 9.10 Å². The number of hydrogen-bond donors (Lipinski definition) is 1. The summed E-state index contributed by atoms with van der Waals surface area (Å²) in [7, 11) is -2.63. The van der Waals surface area contributed by atoms with Gasteiger partial charge >= 0.3 is 5.97 Å². The molecular weight excluding hydrogens is 423 g/mol. The molecule has 0 heterocycles. The Bertz CT molecular complexity index is 1010. The van der Waals surface area contributed by atoms with E-state index in [1.807, 2.05) is 0 Å². The van der Waals surface area contributed by atoms with Crippen LogP contribution in [0, 0.1) is 5.82 Å². The SMILES string of the molecule is CC[C@@H](C(=O)Nc1ccc(C(=O)OC)cc1)N(c1ccc(F)c(Cl)c1)S(C)(=O)=O. The average molecular weight is 443 g/mol. The molecule has 7 nitrogen and oxygen atoms in total. The molecule has 0 aliphatic rings. The Morgan fingerprint density at radius 3 is 2.31 bits per heavy atom. The topological polar surface area (TPSA) is 92.8 Å². The van der Waals surface area contributed by atoms with Gasteiger partial charge in [-0.2, -0.15) is 0 Å². The Hall–Kier alpha value is -2.65. The smallest absolute Gasteiger partial charge is 0.337 e. The van der Waals surface area contributed by atoms with E-state index in [4.69, 9.17) is 11.6 Å². The highest BCUT2D eigenvalue weighted by Crippen LogP contribution is 2.27. The highest BCUT2D eigenvalue weighted by molar-refractivity contribution is 7.92. The predicted octanol–water partition coefficient (Wildman–Crippen LogP) is 3.45. The highest BCUT2D eigenvalue weighted by atomic mass is 35.5. The van der Waals surface area contributed by atoms with Crippen molar-refractivity contribution >= 4 is 44.9 Å². The molecule has 0 saturated carbocycles. The molecule has 0 aliphatic heterocycles. The van der Waals surface area contributed by atoms with Crippen molar-refractivity contribution in [2.24, 2.45) is 0 Å². The molecule has 0 radical (unpaired) electrons. The van der Waals surface area contributed by atoms with Crippen LogP contribution in [0.1, 0.15) is 23.7 Å². The van der Waals surface area contributed by atoms with Crippen molar-refractivity contribution in [3.8, 4) is 0 Å². The number of carbonyl (C=O) groups excluding carboxylic acids is 2. The van der Waals surface area contributed by atoms with Crippen LogP contribution in [-0.4, -0.2) is 39.7 Å². The van der Waals surface area contributed by atoms with Crippen LogP contribution in [0.2, 0.25) is 5.02 Å². The molecule has 2 aromatic carbocycles.